The predicted molar refractivity (Wildman–Crippen MR) is 79.4 cm³/mol. The van der Waals surface area contributed by atoms with Crippen LogP contribution in [0.4, 0.5) is 0 Å². The van der Waals surface area contributed by atoms with E-state index in [1.807, 2.05) is 4.90 Å². The fraction of sp³-hybridized carbons (Fsp3) is 0.750. The Labute approximate surface area is 130 Å². The highest BCUT2D eigenvalue weighted by Gasteiger charge is 2.54. The smallest absolute Gasteiger partial charge is 0.272 e. The van der Waals surface area contributed by atoms with E-state index in [0.29, 0.717) is 24.7 Å². The lowest BCUT2D eigenvalue weighted by molar-refractivity contribution is -0.120. The zero-order chi connectivity index (χ0) is 15.0. The zero-order valence-electron chi connectivity index (χ0n) is 12.8. The van der Waals surface area contributed by atoms with E-state index in [1.54, 1.807) is 12.3 Å². The van der Waals surface area contributed by atoms with Gasteiger partial charge in [-0.2, -0.15) is 5.10 Å². The van der Waals surface area contributed by atoms with Crippen LogP contribution < -0.4 is 0 Å². The third-order valence-corrected chi connectivity index (χ3v) is 5.20. The molecule has 3 aliphatic rings. The van der Waals surface area contributed by atoms with Crippen LogP contribution in [0, 0.1) is 11.8 Å². The molecule has 0 unspecified atom stereocenters. The molecule has 1 spiro atoms. The Balaban J connectivity index is 1.27. The van der Waals surface area contributed by atoms with Crippen molar-refractivity contribution in [2.75, 3.05) is 32.9 Å². The van der Waals surface area contributed by atoms with E-state index in [4.69, 9.17) is 9.47 Å². The summed E-state index contributed by atoms with van der Waals surface area (Å²) in [5.74, 6) is 1.35. The van der Waals surface area contributed by atoms with Crippen LogP contribution in [-0.4, -0.2) is 59.5 Å². The SMILES string of the molecule is O=C(c1ccn[nH]1)N1CC2(C1)OCC[C@@H]2CCOCC1CC1. The molecule has 1 N–H and O–H groups in total. The van der Waals surface area contributed by atoms with Crippen molar-refractivity contribution in [3.63, 3.8) is 0 Å². The molecule has 6 nitrogen and oxygen atoms in total. The van der Waals surface area contributed by atoms with Crippen molar-refractivity contribution in [2.24, 2.45) is 11.8 Å². The molecule has 0 aromatic carbocycles. The lowest BCUT2D eigenvalue weighted by atomic mass is 9.79. The van der Waals surface area contributed by atoms with Crippen LogP contribution in [0.15, 0.2) is 12.3 Å². The van der Waals surface area contributed by atoms with Crippen LogP contribution in [0.3, 0.4) is 0 Å². The number of hydrogen-bond acceptors (Lipinski definition) is 4. The van der Waals surface area contributed by atoms with E-state index < -0.39 is 0 Å². The number of H-pyrrole nitrogens is 1. The molecule has 4 rings (SSSR count). The molecule has 2 saturated heterocycles. The number of amides is 1. The first-order chi connectivity index (χ1) is 10.8. The van der Waals surface area contributed by atoms with Gasteiger partial charge in [-0.15, -0.1) is 0 Å². The average Bonchev–Trinajstić information content (AvgIpc) is 3.01. The van der Waals surface area contributed by atoms with Gasteiger partial charge in [0.05, 0.1) is 13.1 Å². The fourth-order valence-corrected chi connectivity index (χ4v) is 3.59. The highest BCUT2D eigenvalue weighted by Crippen LogP contribution is 2.42. The molecule has 6 heteroatoms. The van der Waals surface area contributed by atoms with Crippen LogP contribution in [0.5, 0.6) is 0 Å². The monoisotopic (exact) mass is 305 g/mol. The van der Waals surface area contributed by atoms with Crippen LogP contribution in [0.25, 0.3) is 0 Å². The number of aromatic nitrogens is 2. The quantitative estimate of drug-likeness (QED) is 0.808. The minimum absolute atomic E-state index is 0.0161. The van der Waals surface area contributed by atoms with Gasteiger partial charge in [0, 0.05) is 26.0 Å². The highest BCUT2D eigenvalue weighted by atomic mass is 16.5. The predicted octanol–water partition coefficient (Wildman–Crippen LogP) is 1.46. The van der Waals surface area contributed by atoms with Gasteiger partial charge in [-0.25, -0.2) is 0 Å². The van der Waals surface area contributed by atoms with Crippen molar-refractivity contribution in [1.82, 2.24) is 15.1 Å². The van der Waals surface area contributed by atoms with Gasteiger partial charge < -0.3 is 14.4 Å². The van der Waals surface area contributed by atoms with Gasteiger partial charge in [-0.05, 0) is 43.6 Å². The Morgan fingerprint density at radius 2 is 2.32 bits per heavy atom. The van der Waals surface area contributed by atoms with Crippen molar-refractivity contribution in [3.05, 3.63) is 18.0 Å². The van der Waals surface area contributed by atoms with Crippen LogP contribution in [0.1, 0.15) is 36.2 Å². The summed E-state index contributed by atoms with van der Waals surface area (Å²) in [6.07, 6.45) is 6.40. The van der Waals surface area contributed by atoms with Crippen LogP contribution >= 0.6 is 0 Å². The molecule has 1 aromatic heterocycles. The first kappa shape index (κ1) is 14.2. The first-order valence-electron chi connectivity index (χ1n) is 8.27. The second kappa shape index (κ2) is 5.66. The molecule has 3 heterocycles. The summed E-state index contributed by atoms with van der Waals surface area (Å²) in [5, 5.41) is 6.57. The Bertz CT molecular complexity index is 521. The molecule has 1 amide bonds. The van der Waals surface area contributed by atoms with E-state index in [-0.39, 0.29) is 11.5 Å². The number of carbonyl (C=O) groups excluding carboxylic acids is 1. The number of nitrogens with one attached hydrogen (secondary N) is 1. The maximum atomic E-state index is 12.3. The molecular formula is C16H23N3O3. The normalized spacial score (nSPS) is 26.4. The summed E-state index contributed by atoms with van der Waals surface area (Å²) < 4.78 is 11.8. The van der Waals surface area contributed by atoms with Gasteiger partial charge in [-0.1, -0.05) is 0 Å². The van der Waals surface area contributed by atoms with Gasteiger partial charge in [0.1, 0.15) is 11.3 Å². The molecule has 3 fully saturated rings. The van der Waals surface area contributed by atoms with Crippen molar-refractivity contribution < 1.29 is 14.3 Å². The maximum Gasteiger partial charge on any atom is 0.272 e. The van der Waals surface area contributed by atoms with E-state index in [2.05, 4.69) is 10.2 Å². The number of nitrogens with zero attached hydrogens (tertiary/aromatic N) is 2. The molecule has 0 radical (unpaired) electrons. The molecule has 1 saturated carbocycles. The molecular weight excluding hydrogens is 282 g/mol. The van der Waals surface area contributed by atoms with Gasteiger partial charge in [0.15, 0.2) is 0 Å². The Kier molecular flexibility index (Phi) is 3.66. The second-order valence-electron chi connectivity index (χ2n) is 6.84. The number of hydrogen-bond donors (Lipinski definition) is 1. The summed E-state index contributed by atoms with van der Waals surface area (Å²) in [6.45, 7) is 3.93. The fourth-order valence-electron chi connectivity index (χ4n) is 3.59. The summed E-state index contributed by atoms with van der Waals surface area (Å²) >= 11 is 0. The van der Waals surface area contributed by atoms with E-state index in [1.165, 1.54) is 12.8 Å². The lowest BCUT2D eigenvalue weighted by Gasteiger charge is -2.50. The molecule has 120 valence electrons. The van der Waals surface area contributed by atoms with Gasteiger partial charge in [0.25, 0.3) is 5.91 Å². The number of aromatic amines is 1. The standard InChI is InChI=1S/C16H23N3O3/c20-15(14-3-6-17-18-14)19-10-16(11-19)13(5-8-22-16)4-7-21-9-12-1-2-12/h3,6,12-13H,1-2,4-5,7-11H2,(H,17,18)/t13-/m0/s1. The first-order valence-corrected chi connectivity index (χ1v) is 8.27. The summed E-state index contributed by atoms with van der Waals surface area (Å²) in [4.78, 5) is 14.1. The number of rotatable bonds is 6. The summed E-state index contributed by atoms with van der Waals surface area (Å²) in [5.41, 5.74) is 0.427. The van der Waals surface area contributed by atoms with Gasteiger partial charge in [0.2, 0.25) is 0 Å². The summed E-state index contributed by atoms with van der Waals surface area (Å²) in [7, 11) is 0. The van der Waals surface area contributed by atoms with Crippen molar-refractivity contribution in [2.45, 2.75) is 31.3 Å². The third-order valence-electron chi connectivity index (χ3n) is 5.20. The van der Waals surface area contributed by atoms with Gasteiger partial charge >= 0.3 is 0 Å². The largest absolute Gasteiger partial charge is 0.381 e. The van der Waals surface area contributed by atoms with Crippen molar-refractivity contribution in [1.29, 1.82) is 0 Å². The molecule has 2 aliphatic heterocycles. The maximum absolute atomic E-state index is 12.3. The van der Waals surface area contributed by atoms with Crippen molar-refractivity contribution >= 4 is 5.91 Å². The molecule has 0 bridgehead atoms. The van der Waals surface area contributed by atoms with E-state index in [9.17, 15) is 4.79 Å². The van der Waals surface area contributed by atoms with E-state index >= 15 is 0 Å². The number of ether oxygens (including phenoxy) is 2. The van der Waals surface area contributed by atoms with Crippen LogP contribution in [-0.2, 0) is 9.47 Å². The number of carbonyl (C=O) groups is 1. The molecule has 1 aromatic rings. The number of likely N-dealkylation sites (tertiary alicyclic amines) is 1. The lowest BCUT2D eigenvalue weighted by Crippen LogP contribution is -2.66. The highest BCUT2D eigenvalue weighted by molar-refractivity contribution is 5.93. The molecule has 1 atom stereocenters. The minimum Gasteiger partial charge on any atom is -0.381 e. The zero-order valence-corrected chi connectivity index (χ0v) is 12.8. The average molecular weight is 305 g/mol. The second-order valence-corrected chi connectivity index (χ2v) is 6.84. The molecule has 1 aliphatic carbocycles. The van der Waals surface area contributed by atoms with E-state index in [0.717, 1.165) is 38.6 Å². The Morgan fingerprint density at radius 1 is 1.45 bits per heavy atom. The minimum atomic E-state index is -0.126. The Morgan fingerprint density at radius 3 is 3.05 bits per heavy atom. The van der Waals surface area contributed by atoms with Gasteiger partial charge in [-0.3, -0.25) is 9.89 Å². The Hall–Kier alpha value is -1.40. The van der Waals surface area contributed by atoms with Crippen molar-refractivity contribution in [3.8, 4) is 0 Å². The summed E-state index contributed by atoms with van der Waals surface area (Å²) in [6, 6.07) is 1.71. The molecule has 22 heavy (non-hydrogen) atoms. The topological polar surface area (TPSA) is 67.5 Å². The third kappa shape index (κ3) is 2.65. The van der Waals surface area contributed by atoms with Crippen LogP contribution in [0.2, 0.25) is 0 Å².